The van der Waals surface area contributed by atoms with E-state index < -0.39 is 0 Å². The summed E-state index contributed by atoms with van der Waals surface area (Å²) in [6, 6.07) is 18.2. The second kappa shape index (κ2) is 9.23. The predicted octanol–water partition coefficient (Wildman–Crippen LogP) is 3.38. The lowest BCUT2D eigenvalue weighted by molar-refractivity contribution is -0.128. The summed E-state index contributed by atoms with van der Waals surface area (Å²) in [6.45, 7) is 2.84. The van der Waals surface area contributed by atoms with Crippen LogP contribution < -0.4 is 5.32 Å². The molecule has 0 radical (unpaired) electrons. The summed E-state index contributed by atoms with van der Waals surface area (Å²) < 4.78 is 0. The van der Waals surface area contributed by atoms with Crippen LogP contribution in [0.2, 0.25) is 0 Å². The fourth-order valence-corrected chi connectivity index (χ4v) is 4.29. The van der Waals surface area contributed by atoms with Crippen LogP contribution in [-0.2, 0) is 24.2 Å². The van der Waals surface area contributed by atoms with Gasteiger partial charge in [-0.05, 0) is 55.5 Å². The monoisotopic (exact) mass is 391 g/mol. The Morgan fingerprint density at radius 3 is 2.41 bits per heavy atom. The van der Waals surface area contributed by atoms with Gasteiger partial charge in [-0.1, -0.05) is 54.6 Å². The summed E-state index contributed by atoms with van der Waals surface area (Å²) >= 11 is 0. The standard InChI is InChI=1S/C24H29N3O2/c28-23-22-17-20-12-4-5-13-21(20)18-27(22)24(29)26(23)16-8-15-25-14-7-6-11-19-9-2-1-3-10-19/h1-5,9-10,12-13,22,25H,6-8,11,14-18H2/t22-/m0/s1. The molecular formula is C24H29N3O2. The van der Waals surface area contributed by atoms with Gasteiger partial charge in [-0.25, -0.2) is 4.79 Å². The highest BCUT2D eigenvalue weighted by Gasteiger charge is 2.46. The zero-order valence-corrected chi connectivity index (χ0v) is 16.8. The highest BCUT2D eigenvalue weighted by atomic mass is 16.2. The summed E-state index contributed by atoms with van der Waals surface area (Å²) in [7, 11) is 0. The molecule has 1 fully saturated rings. The summed E-state index contributed by atoms with van der Waals surface area (Å²) in [6.07, 6.45) is 4.83. The maximum atomic E-state index is 12.7. The number of amides is 3. The van der Waals surface area contributed by atoms with Gasteiger partial charge in [0.1, 0.15) is 6.04 Å². The van der Waals surface area contributed by atoms with E-state index in [-0.39, 0.29) is 18.0 Å². The summed E-state index contributed by atoms with van der Waals surface area (Å²) in [5.41, 5.74) is 3.73. The normalized spacial score (nSPS) is 18.1. The maximum absolute atomic E-state index is 12.7. The lowest BCUT2D eigenvalue weighted by atomic mass is 9.95. The molecule has 5 nitrogen and oxygen atoms in total. The first-order chi connectivity index (χ1) is 14.2. The average molecular weight is 392 g/mol. The third-order valence-corrected chi connectivity index (χ3v) is 5.92. The summed E-state index contributed by atoms with van der Waals surface area (Å²) in [5, 5.41) is 3.44. The highest BCUT2D eigenvalue weighted by molar-refractivity contribution is 6.04. The molecule has 4 rings (SSSR count). The van der Waals surface area contributed by atoms with Crippen LogP contribution in [0.5, 0.6) is 0 Å². The van der Waals surface area contributed by atoms with Crippen molar-refractivity contribution in [1.29, 1.82) is 0 Å². The van der Waals surface area contributed by atoms with Crippen molar-refractivity contribution < 1.29 is 9.59 Å². The van der Waals surface area contributed by atoms with Crippen molar-refractivity contribution in [2.24, 2.45) is 0 Å². The number of urea groups is 1. The second-order valence-electron chi connectivity index (χ2n) is 7.94. The molecule has 5 heteroatoms. The number of aryl methyl sites for hydroxylation is 1. The Hall–Kier alpha value is -2.66. The van der Waals surface area contributed by atoms with Crippen LogP contribution in [0.15, 0.2) is 54.6 Å². The Bertz CT molecular complexity index is 809. The third kappa shape index (κ3) is 4.51. The van der Waals surface area contributed by atoms with Crippen molar-refractivity contribution in [3.63, 3.8) is 0 Å². The van der Waals surface area contributed by atoms with Gasteiger partial charge in [-0.15, -0.1) is 0 Å². The van der Waals surface area contributed by atoms with Crippen LogP contribution in [0, 0.1) is 0 Å². The predicted molar refractivity (Wildman–Crippen MR) is 113 cm³/mol. The fourth-order valence-electron chi connectivity index (χ4n) is 4.29. The number of benzene rings is 2. The lowest BCUT2D eigenvalue weighted by Gasteiger charge is -2.28. The van der Waals surface area contributed by atoms with Crippen molar-refractivity contribution in [2.45, 2.75) is 44.7 Å². The van der Waals surface area contributed by atoms with Crippen LogP contribution in [0.4, 0.5) is 4.79 Å². The number of nitrogens with zero attached hydrogens (tertiary/aromatic N) is 2. The van der Waals surface area contributed by atoms with Gasteiger partial charge in [0.2, 0.25) is 0 Å². The molecule has 1 atom stereocenters. The van der Waals surface area contributed by atoms with Crippen molar-refractivity contribution in [2.75, 3.05) is 19.6 Å². The van der Waals surface area contributed by atoms with Crippen molar-refractivity contribution in [3.05, 3.63) is 71.3 Å². The minimum atomic E-state index is -0.316. The zero-order valence-electron chi connectivity index (χ0n) is 16.8. The van der Waals surface area contributed by atoms with E-state index in [0.717, 1.165) is 44.3 Å². The van der Waals surface area contributed by atoms with E-state index in [9.17, 15) is 9.59 Å². The van der Waals surface area contributed by atoms with Crippen LogP contribution in [0.1, 0.15) is 36.0 Å². The highest BCUT2D eigenvalue weighted by Crippen LogP contribution is 2.29. The first-order valence-corrected chi connectivity index (χ1v) is 10.7. The Kier molecular flexibility index (Phi) is 6.25. The van der Waals surface area contributed by atoms with Crippen molar-refractivity contribution in [1.82, 2.24) is 15.1 Å². The van der Waals surface area contributed by atoms with Crippen LogP contribution >= 0.6 is 0 Å². The van der Waals surface area contributed by atoms with E-state index >= 15 is 0 Å². The number of hydrogen-bond acceptors (Lipinski definition) is 3. The Morgan fingerprint density at radius 2 is 1.59 bits per heavy atom. The molecule has 2 aromatic carbocycles. The number of unbranched alkanes of at least 4 members (excludes halogenated alkanes) is 1. The molecule has 2 aliphatic rings. The van der Waals surface area contributed by atoms with Crippen LogP contribution in [0.3, 0.4) is 0 Å². The van der Waals surface area contributed by atoms with Gasteiger partial charge in [0.25, 0.3) is 5.91 Å². The number of nitrogens with one attached hydrogen (secondary N) is 1. The molecule has 0 spiro atoms. The van der Waals surface area contributed by atoms with Gasteiger partial charge < -0.3 is 10.2 Å². The number of carbonyl (C=O) groups excluding carboxylic acids is 2. The van der Waals surface area contributed by atoms with E-state index in [1.54, 1.807) is 4.90 Å². The Labute approximate surface area is 172 Å². The molecule has 0 bridgehead atoms. The number of rotatable bonds is 9. The van der Waals surface area contributed by atoms with E-state index in [0.29, 0.717) is 19.5 Å². The molecule has 0 aromatic heterocycles. The smallest absolute Gasteiger partial charge is 0.317 e. The largest absolute Gasteiger partial charge is 0.327 e. The molecule has 29 heavy (non-hydrogen) atoms. The SMILES string of the molecule is O=C1[C@@H]2Cc3ccccc3CN2C(=O)N1CCCNCCCCc1ccccc1. The molecule has 1 saturated heterocycles. The molecule has 3 amide bonds. The molecule has 2 aliphatic heterocycles. The minimum Gasteiger partial charge on any atom is -0.317 e. The third-order valence-electron chi connectivity index (χ3n) is 5.92. The first kappa shape index (κ1) is 19.6. The van der Waals surface area contributed by atoms with E-state index in [4.69, 9.17) is 0 Å². The topological polar surface area (TPSA) is 52.7 Å². The van der Waals surface area contributed by atoms with Crippen LogP contribution in [-0.4, -0.2) is 47.4 Å². The Balaban J connectivity index is 1.16. The van der Waals surface area contributed by atoms with Gasteiger partial charge >= 0.3 is 6.03 Å². The van der Waals surface area contributed by atoms with E-state index in [1.165, 1.54) is 16.0 Å². The fraction of sp³-hybridized carbons (Fsp3) is 0.417. The molecular weight excluding hydrogens is 362 g/mol. The molecule has 2 heterocycles. The first-order valence-electron chi connectivity index (χ1n) is 10.7. The van der Waals surface area contributed by atoms with E-state index in [2.05, 4.69) is 35.6 Å². The molecule has 0 saturated carbocycles. The van der Waals surface area contributed by atoms with Gasteiger partial charge in [0.15, 0.2) is 0 Å². The van der Waals surface area contributed by atoms with Gasteiger partial charge in [-0.3, -0.25) is 9.69 Å². The second-order valence-corrected chi connectivity index (χ2v) is 7.94. The van der Waals surface area contributed by atoms with Gasteiger partial charge in [-0.2, -0.15) is 0 Å². The quantitative estimate of drug-likeness (QED) is 0.527. The molecule has 0 aliphatic carbocycles. The lowest BCUT2D eigenvalue weighted by Crippen LogP contribution is -2.39. The van der Waals surface area contributed by atoms with E-state index in [1.807, 2.05) is 24.3 Å². The van der Waals surface area contributed by atoms with Gasteiger partial charge in [0, 0.05) is 19.5 Å². The summed E-state index contributed by atoms with van der Waals surface area (Å²) in [5.74, 6) is -0.0348. The van der Waals surface area contributed by atoms with Crippen LogP contribution in [0.25, 0.3) is 0 Å². The summed E-state index contributed by atoms with van der Waals surface area (Å²) in [4.78, 5) is 28.6. The number of fused-ring (bicyclic) bond motifs is 2. The van der Waals surface area contributed by atoms with Gasteiger partial charge in [0.05, 0.1) is 0 Å². The zero-order chi connectivity index (χ0) is 20.1. The van der Waals surface area contributed by atoms with Crippen molar-refractivity contribution in [3.8, 4) is 0 Å². The van der Waals surface area contributed by atoms with Crippen molar-refractivity contribution >= 4 is 11.9 Å². The number of hydrogen-bond donors (Lipinski definition) is 1. The average Bonchev–Trinajstić information content (AvgIpc) is 2.99. The maximum Gasteiger partial charge on any atom is 0.327 e. The molecule has 1 N–H and O–H groups in total. The number of carbonyl (C=O) groups is 2. The molecule has 2 aromatic rings. The Morgan fingerprint density at radius 1 is 0.862 bits per heavy atom. The molecule has 0 unspecified atom stereocenters. The number of imide groups is 1. The minimum absolute atomic E-state index is 0.0348. The molecule has 152 valence electrons.